The second kappa shape index (κ2) is 9.29. The van der Waals surface area contributed by atoms with Crippen molar-refractivity contribution in [2.75, 3.05) is 19.0 Å². The first-order chi connectivity index (χ1) is 11.7. The first-order valence-electron chi connectivity index (χ1n) is 7.77. The fraction of sp³-hybridized carbons (Fsp3) is 0.375. The van der Waals surface area contributed by atoms with Crippen LogP contribution in [0.1, 0.15) is 25.7 Å². The molecule has 0 saturated carbocycles. The molecule has 1 aromatic carbocycles. The van der Waals surface area contributed by atoms with Gasteiger partial charge in [-0.2, -0.15) is 15.0 Å². The van der Waals surface area contributed by atoms with Crippen molar-refractivity contribution in [3.63, 3.8) is 0 Å². The van der Waals surface area contributed by atoms with E-state index in [1.807, 2.05) is 12.1 Å². The average Bonchev–Trinajstić information content (AvgIpc) is 3.13. The Morgan fingerprint density at radius 3 is 2.46 bits per heavy atom. The topological polar surface area (TPSA) is 98.1 Å². The molecule has 0 aliphatic carbocycles. The van der Waals surface area contributed by atoms with Gasteiger partial charge in [0.1, 0.15) is 0 Å². The third kappa shape index (κ3) is 5.71. The minimum atomic E-state index is -0.257. The van der Waals surface area contributed by atoms with Gasteiger partial charge in [-0.25, -0.2) is 4.79 Å². The zero-order valence-corrected chi connectivity index (χ0v) is 13.6. The van der Waals surface area contributed by atoms with Crippen LogP contribution in [0.5, 0.6) is 0 Å². The van der Waals surface area contributed by atoms with E-state index < -0.39 is 0 Å². The molecule has 1 heterocycles. The summed E-state index contributed by atoms with van der Waals surface area (Å²) < 4.78 is 4.57. The number of urea groups is 1. The molecule has 0 spiro atoms. The second-order valence-corrected chi connectivity index (χ2v) is 5.13. The SMILES string of the molecule is COC(=O)CCCCCNC(=O)Nc1ccc(-n2nccn2)cc1. The Kier molecular flexibility index (Phi) is 6.75. The number of methoxy groups -OCH3 is 1. The molecule has 2 aromatic rings. The van der Waals surface area contributed by atoms with Gasteiger partial charge in [0.2, 0.25) is 0 Å². The number of unbranched alkanes of at least 4 members (excludes halogenated alkanes) is 2. The van der Waals surface area contributed by atoms with E-state index >= 15 is 0 Å². The van der Waals surface area contributed by atoms with E-state index in [2.05, 4.69) is 25.6 Å². The van der Waals surface area contributed by atoms with Crippen molar-refractivity contribution in [3.8, 4) is 5.69 Å². The Morgan fingerprint density at radius 2 is 1.79 bits per heavy atom. The molecule has 0 fully saturated rings. The third-order valence-corrected chi connectivity index (χ3v) is 3.35. The molecule has 8 nitrogen and oxygen atoms in total. The Balaban J connectivity index is 1.64. The molecule has 24 heavy (non-hydrogen) atoms. The fourth-order valence-corrected chi connectivity index (χ4v) is 2.08. The van der Waals surface area contributed by atoms with E-state index in [9.17, 15) is 9.59 Å². The quantitative estimate of drug-likeness (QED) is 0.570. The van der Waals surface area contributed by atoms with Crippen molar-refractivity contribution < 1.29 is 14.3 Å². The first-order valence-corrected chi connectivity index (χ1v) is 7.77. The minimum absolute atomic E-state index is 0.200. The lowest BCUT2D eigenvalue weighted by molar-refractivity contribution is -0.140. The highest BCUT2D eigenvalue weighted by atomic mass is 16.5. The molecular weight excluding hydrogens is 310 g/mol. The lowest BCUT2D eigenvalue weighted by Gasteiger charge is -2.08. The largest absolute Gasteiger partial charge is 0.469 e. The number of nitrogens with one attached hydrogen (secondary N) is 2. The molecule has 0 radical (unpaired) electrons. The number of ether oxygens (including phenoxy) is 1. The number of rotatable bonds is 8. The van der Waals surface area contributed by atoms with Crippen LogP contribution in [0.4, 0.5) is 10.5 Å². The maximum atomic E-state index is 11.8. The summed E-state index contributed by atoms with van der Waals surface area (Å²) in [6.45, 7) is 0.558. The Hall–Kier alpha value is -2.90. The van der Waals surface area contributed by atoms with Crippen molar-refractivity contribution >= 4 is 17.7 Å². The van der Waals surface area contributed by atoms with Gasteiger partial charge in [-0.3, -0.25) is 4.79 Å². The standard InChI is InChI=1S/C16H21N5O3/c1-24-15(22)5-3-2-4-10-17-16(23)20-13-6-8-14(9-7-13)21-18-11-12-19-21/h6-9,11-12H,2-5,10H2,1H3,(H2,17,20,23). The third-order valence-electron chi connectivity index (χ3n) is 3.35. The average molecular weight is 331 g/mol. The van der Waals surface area contributed by atoms with Crippen molar-refractivity contribution in [1.82, 2.24) is 20.3 Å². The van der Waals surface area contributed by atoms with Gasteiger partial charge in [-0.1, -0.05) is 6.42 Å². The van der Waals surface area contributed by atoms with Gasteiger partial charge in [0.15, 0.2) is 0 Å². The summed E-state index contributed by atoms with van der Waals surface area (Å²) in [6.07, 6.45) is 6.06. The summed E-state index contributed by atoms with van der Waals surface area (Å²) in [5.41, 5.74) is 1.51. The number of nitrogens with zero attached hydrogens (tertiary/aromatic N) is 3. The number of anilines is 1. The molecule has 0 aliphatic rings. The van der Waals surface area contributed by atoms with Crippen LogP contribution in [0.15, 0.2) is 36.7 Å². The molecule has 2 N–H and O–H groups in total. The molecule has 2 rings (SSSR count). The van der Waals surface area contributed by atoms with E-state index in [1.54, 1.807) is 24.5 Å². The predicted molar refractivity (Wildman–Crippen MR) is 88.9 cm³/mol. The van der Waals surface area contributed by atoms with E-state index in [0.717, 1.165) is 24.9 Å². The number of aromatic nitrogens is 3. The monoisotopic (exact) mass is 331 g/mol. The maximum absolute atomic E-state index is 11.8. The molecule has 0 atom stereocenters. The van der Waals surface area contributed by atoms with Crippen molar-refractivity contribution in [1.29, 1.82) is 0 Å². The fourth-order valence-electron chi connectivity index (χ4n) is 2.08. The number of amides is 2. The Morgan fingerprint density at radius 1 is 1.08 bits per heavy atom. The highest BCUT2D eigenvalue weighted by Crippen LogP contribution is 2.11. The van der Waals surface area contributed by atoms with Crippen LogP contribution in [0.25, 0.3) is 5.69 Å². The molecule has 0 bridgehead atoms. The summed E-state index contributed by atoms with van der Waals surface area (Å²) in [4.78, 5) is 24.2. The zero-order chi connectivity index (χ0) is 17.2. The van der Waals surface area contributed by atoms with Crippen LogP contribution in [0.2, 0.25) is 0 Å². The summed E-state index contributed by atoms with van der Waals surface area (Å²) in [6, 6.07) is 6.96. The van der Waals surface area contributed by atoms with E-state index in [1.165, 1.54) is 11.9 Å². The molecule has 0 unspecified atom stereocenters. The van der Waals surface area contributed by atoms with E-state index in [-0.39, 0.29) is 12.0 Å². The Bertz CT molecular complexity index is 640. The molecule has 0 saturated heterocycles. The molecule has 128 valence electrons. The van der Waals surface area contributed by atoms with Crippen LogP contribution < -0.4 is 10.6 Å². The van der Waals surface area contributed by atoms with Crippen LogP contribution >= 0.6 is 0 Å². The second-order valence-electron chi connectivity index (χ2n) is 5.13. The van der Waals surface area contributed by atoms with Crippen LogP contribution in [0, 0.1) is 0 Å². The van der Waals surface area contributed by atoms with Gasteiger partial charge in [0.05, 0.1) is 25.2 Å². The summed E-state index contributed by atoms with van der Waals surface area (Å²) in [5.74, 6) is -0.200. The predicted octanol–water partition coefficient (Wildman–Crippen LogP) is 2.12. The van der Waals surface area contributed by atoms with Gasteiger partial charge in [-0.15, -0.1) is 0 Å². The van der Waals surface area contributed by atoms with E-state index in [0.29, 0.717) is 18.7 Å². The first kappa shape index (κ1) is 17.5. The van der Waals surface area contributed by atoms with Crippen molar-refractivity contribution in [2.24, 2.45) is 0 Å². The molecule has 2 amide bonds. The summed E-state index contributed by atoms with van der Waals surface area (Å²) in [5, 5.41) is 13.6. The molecule has 8 heteroatoms. The van der Waals surface area contributed by atoms with Crippen molar-refractivity contribution in [2.45, 2.75) is 25.7 Å². The van der Waals surface area contributed by atoms with E-state index in [4.69, 9.17) is 0 Å². The molecular formula is C16H21N5O3. The minimum Gasteiger partial charge on any atom is -0.469 e. The van der Waals surface area contributed by atoms with Crippen LogP contribution in [0.3, 0.4) is 0 Å². The number of carbonyl (C=O) groups is 2. The van der Waals surface area contributed by atoms with Gasteiger partial charge in [-0.05, 0) is 37.1 Å². The number of benzene rings is 1. The van der Waals surface area contributed by atoms with Crippen LogP contribution in [-0.4, -0.2) is 40.6 Å². The number of hydrogen-bond acceptors (Lipinski definition) is 5. The van der Waals surface area contributed by atoms with Crippen LogP contribution in [-0.2, 0) is 9.53 Å². The number of esters is 1. The lowest BCUT2D eigenvalue weighted by Crippen LogP contribution is -2.29. The van der Waals surface area contributed by atoms with Gasteiger partial charge < -0.3 is 15.4 Å². The lowest BCUT2D eigenvalue weighted by atomic mass is 10.2. The highest BCUT2D eigenvalue weighted by molar-refractivity contribution is 5.89. The maximum Gasteiger partial charge on any atom is 0.319 e. The van der Waals surface area contributed by atoms with Gasteiger partial charge in [0.25, 0.3) is 0 Å². The van der Waals surface area contributed by atoms with Gasteiger partial charge >= 0.3 is 12.0 Å². The summed E-state index contributed by atoms with van der Waals surface area (Å²) >= 11 is 0. The summed E-state index contributed by atoms with van der Waals surface area (Å²) in [7, 11) is 1.38. The van der Waals surface area contributed by atoms with Crippen molar-refractivity contribution in [3.05, 3.63) is 36.7 Å². The molecule has 1 aromatic heterocycles. The molecule has 0 aliphatic heterocycles. The normalized spacial score (nSPS) is 10.2. The van der Waals surface area contributed by atoms with Gasteiger partial charge in [0, 0.05) is 18.7 Å². The highest BCUT2D eigenvalue weighted by Gasteiger charge is 2.03. The Labute approximate surface area is 140 Å². The zero-order valence-electron chi connectivity index (χ0n) is 13.6. The smallest absolute Gasteiger partial charge is 0.319 e. The number of hydrogen-bond donors (Lipinski definition) is 2. The number of carbonyl (C=O) groups excluding carboxylic acids is 2.